The summed E-state index contributed by atoms with van der Waals surface area (Å²) < 4.78 is 5.28. The van der Waals surface area contributed by atoms with E-state index in [0.29, 0.717) is 0 Å². The zero-order chi connectivity index (χ0) is 13.1. The number of aromatic amines is 1. The van der Waals surface area contributed by atoms with Gasteiger partial charge in [-0.3, -0.25) is 0 Å². The Morgan fingerprint density at radius 3 is 2.58 bits per heavy atom. The molecular weight excluding hydrogens is 236 g/mol. The summed E-state index contributed by atoms with van der Waals surface area (Å²) in [5.74, 6) is 1.73. The Labute approximate surface area is 111 Å². The summed E-state index contributed by atoms with van der Waals surface area (Å²) >= 11 is 0. The molecule has 0 aliphatic carbocycles. The summed E-state index contributed by atoms with van der Waals surface area (Å²) in [6.07, 6.45) is 3.59. The van der Waals surface area contributed by atoms with Crippen LogP contribution < -0.4 is 4.74 Å². The van der Waals surface area contributed by atoms with E-state index in [4.69, 9.17) is 4.74 Å². The number of hydrogen-bond acceptors (Lipinski definition) is 2. The SMILES string of the molecule is COc1cccc(-c2ccccc2-c2ncc[nH]2)c1. The second-order valence-corrected chi connectivity index (χ2v) is 4.22. The van der Waals surface area contributed by atoms with Gasteiger partial charge in [-0.15, -0.1) is 0 Å². The molecule has 3 heteroatoms. The molecule has 0 radical (unpaired) electrons. The van der Waals surface area contributed by atoms with Gasteiger partial charge >= 0.3 is 0 Å². The lowest BCUT2D eigenvalue weighted by atomic mass is 9.99. The zero-order valence-corrected chi connectivity index (χ0v) is 10.6. The molecule has 0 atom stereocenters. The molecule has 0 bridgehead atoms. The van der Waals surface area contributed by atoms with Gasteiger partial charge in [0.1, 0.15) is 11.6 Å². The first-order valence-electron chi connectivity index (χ1n) is 6.11. The van der Waals surface area contributed by atoms with E-state index >= 15 is 0 Å². The van der Waals surface area contributed by atoms with Crippen molar-refractivity contribution in [2.45, 2.75) is 0 Å². The van der Waals surface area contributed by atoms with Gasteiger partial charge in [0.15, 0.2) is 0 Å². The Morgan fingerprint density at radius 1 is 1.00 bits per heavy atom. The average molecular weight is 250 g/mol. The summed E-state index contributed by atoms with van der Waals surface area (Å²) in [4.78, 5) is 7.48. The van der Waals surface area contributed by atoms with Crippen LogP contribution in [0.1, 0.15) is 0 Å². The fourth-order valence-electron chi connectivity index (χ4n) is 2.14. The molecule has 0 fully saturated rings. The van der Waals surface area contributed by atoms with Crippen LogP contribution in [-0.4, -0.2) is 17.1 Å². The van der Waals surface area contributed by atoms with Crippen molar-refractivity contribution < 1.29 is 4.74 Å². The number of hydrogen-bond donors (Lipinski definition) is 1. The molecular formula is C16H14N2O. The van der Waals surface area contributed by atoms with E-state index in [1.807, 2.05) is 36.5 Å². The van der Waals surface area contributed by atoms with Gasteiger partial charge in [0, 0.05) is 18.0 Å². The van der Waals surface area contributed by atoms with Gasteiger partial charge in [-0.1, -0.05) is 36.4 Å². The molecule has 0 aliphatic rings. The van der Waals surface area contributed by atoms with Gasteiger partial charge in [0.2, 0.25) is 0 Å². The third-order valence-corrected chi connectivity index (χ3v) is 3.06. The fraction of sp³-hybridized carbons (Fsp3) is 0.0625. The minimum atomic E-state index is 0.853. The molecule has 1 aromatic heterocycles. The largest absolute Gasteiger partial charge is 0.497 e. The fourth-order valence-corrected chi connectivity index (χ4v) is 2.14. The lowest BCUT2D eigenvalue weighted by Gasteiger charge is -2.09. The summed E-state index contributed by atoms with van der Waals surface area (Å²) in [6, 6.07) is 16.2. The first-order valence-corrected chi connectivity index (χ1v) is 6.11. The highest BCUT2D eigenvalue weighted by Gasteiger charge is 2.08. The van der Waals surface area contributed by atoms with Crippen molar-refractivity contribution in [3.63, 3.8) is 0 Å². The van der Waals surface area contributed by atoms with E-state index in [1.54, 1.807) is 13.3 Å². The van der Waals surface area contributed by atoms with Crippen molar-refractivity contribution >= 4 is 0 Å². The Balaban J connectivity index is 2.15. The molecule has 0 spiro atoms. The highest BCUT2D eigenvalue weighted by molar-refractivity contribution is 5.81. The number of aromatic nitrogens is 2. The summed E-state index contributed by atoms with van der Waals surface area (Å²) in [5, 5.41) is 0. The van der Waals surface area contributed by atoms with Gasteiger partial charge in [-0.2, -0.15) is 0 Å². The maximum Gasteiger partial charge on any atom is 0.137 e. The first kappa shape index (κ1) is 11.5. The minimum absolute atomic E-state index is 0.853. The number of methoxy groups -OCH3 is 1. The monoisotopic (exact) mass is 250 g/mol. The number of ether oxygens (including phenoxy) is 1. The molecule has 1 heterocycles. The zero-order valence-electron chi connectivity index (χ0n) is 10.6. The first-order chi connectivity index (χ1) is 9.38. The third-order valence-electron chi connectivity index (χ3n) is 3.06. The maximum absolute atomic E-state index is 5.28. The van der Waals surface area contributed by atoms with Gasteiger partial charge in [-0.25, -0.2) is 4.98 Å². The minimum Gasteiger partial charge on any atom is -0.497 e. The van der Waals surface area contributed by atoms with E-state index in [-0.39, 0.29) is 0 Å². The van der Waals surface area contributed by atoms with E-state index in [0.717, 1.165) is 28.3 Å². The predicted octanol–water partition coefficient (Wildman–Crippen LogP) is 3.75. The van der Waals surface area contributed by atoms with Crippen LogP contribution in [0.3, 0.4) is 0 Å². The normalized spacial score (nSPS) is 10.4. The van der Waals surface area contributed by atoms with Crippen molar-refractivity contribution in [2.24, 2.45) is 0 Å². The number of H-pyrrole nitrogens is 1. The topological polar surface area (TPSA) is 37.9 Å². The smallest absolute Gasteiger partial charge is 0.137 e. The standard InChI is InChI=1S/C16H14N2O/c1-19-13-6-4-5-12(11-13)14-7-2-3-8-15(14)16-17-9-10-18-16/h2-11H,1H3,(H,17,18). The molecule has 0 aliphatic heterocycles. The lowest BCUT2D eigenvalue weighted by Crippen LogP contribution is -1.88. The van der Waals surface area contributed by atoms with Crippen LogP contribution in [-0.2, 0) is 0 Å². The van der Waals surface area contributed by atoms with Crippen molar-refractivity contribution in [3.8, 4) is 28.3 Å². The third kappa shape index (κ3) is 2.22. The second kappa shape index (κ2) is 4.98. The Morgan fingerprint density at radius 2 is 1.84 bits per heavy atom. The molecule has 3 aromatic rings. The molecule has 0 amide bonds. The van der Waals surface area contributed by atoms with Gasteiger partial charge < -0.3 is 9.72 Å². The second-order valence-electron chi connectivity index (χ2n) is 4.22. The number of benzene rings is 2. The van der Waals surface area contributed by atoms with Crippen LogP contribution in [0.15, 0.2) is 60.9 Å². The molecule has 94 valence electrons. The van der Waals surface area contributed by atoms with Gasteiger partial charge in [0.05, 0.1) is 7.11 Å². The van der Waals surface area contributed by atoms with Crippen molar-refractivity contribution in [1.29, 1.82) is 0 Å². The van der Waals surface area contributed by atoms with Crippen LogP contribution >= 0.6 is 0 Å². The quantitative estimate of drug-likeness (QED) is 0.768. The molecule has 3 nitrogen and oxygen atoms in total. The van der Waals surface area contributed by atoms with E-state index in [9.17, 15) is 0 Å². The van der Waals surface area contributed by atoms with Crippen LogP contribution in [0.5, 0.6) is 5.75 Å². The van der Waals surface area contributed by atoms with Gasteiger partial charge in [-0.05, 0) is 23.3 Å². The molecule has 19 heavy (non-hydrogen) atoms. The van der Waals surface area contributed by atoms with E-state index in [2.05, 4.69) is 28.2 Å². The van der Waals surface area contributed by atoms with E-state index < -0.39 is 0 Å². The predicted molar refractivity (Wildman–Crippen MR) is 76.0 cm³/mol. The molecule has 2 aromatic carbocycles. The number of rotatable bonds is 3. The van der Waals surface area contributed by atoms with Gasteiger partial charge in [0.25, 0.3) is 0 Å². The molecule has 1 N–H and O–H groups in total. The highest BCUT2D eigenvalue weighted by atomic mass is 16.5. The highest BCUT2D eigenvalue weighted by Crippen LogP contribution is 2.31. The van der Waals surface area contributed by atoms with Crippen LogP contribution in [0.4, 0.5) is 0 Å². The summed E-state index contributed by atoms with van der Waals surface area (Å²) in [7, 11) is 1.68. The van der Waals surface area contributed by atoms with Crippen molar-refractivity contribution in [3.05, 3.63) is 60.9 Å². The number of nitrogens with one attached hydrogen (secondary N) is 1. The average Bonchev–Trinajstić information content (AvgIpc) is 3.01. The van der Waals surface area contributed by atoms with Crippen LogP contribution in [0, 0.1) is 0 Å². The van der Waals surface area contributed by atoms with Crippen LogP contribution in [0.2, 0.25) is 0 Å². The summed E-state index contributed by atoms with van der Waals surface area (Å²) in [5.41, 5.74) is 3.34. The number of imidazole rings is 1. The maximum atomic E-state index is 5.28. The van der Waals surface area contributed by atoms with Crippen LogP contribution in [0.25, 0.3) is 22.5 Å². The molecule has 0 saturated heterocycles. The molecule has 0 unspecified atom stereocenters. The Bertz CT molecular complexity index is 675. The Hall–Kier alpha value is -2.55. The molecule has 0 saturated carbocycles. The van der Waals surface area contributed by atoms with Crippen molar-refractivity contribution in [1.82, 2.24) is 9.97 Å². The Kier molecular flexibility index (Phi) is 3.02. The molecule has 3 rings (SSSR count). The lowest BCUT2D eigenvalue weighted by molar-refractivity contribution is 0.415. The van der Waals surface area contributed by atoms with Crippen molar-refractivity contribution in [2.75, 3.05) is 7.11 Å². The number of nitrogens with zero attached hydrogens (tertiary/aromatic N) is 1. The summed E-state index contributed by atoms with van der Waals surface area (Å²) in [6.45, 7) is 0. The van der Waals surface area contributed by atoms with E-state index in [1.165, 1.54) is 0 Å².